The van der Waals surface area contributed by atoms with Gasteiger partial charge in [-0.15, -0.1) is 0 Å². The first-order valence-corrected chi connectivity index (χ1v) is 7.73. The molecule has 3 heterocycles. The van der Waals surface area contributed by atoms with Crippen molar-refractivity contribution in [2.75, 3.05) is 26.2 Å². The van der Waals surface area contributed by atoms with Gasteiger partial charge in [-0.1, -0.05) is 30.3 Å². The fourth-order valence-corrected chi connectivity index (χ4v) is 3.73. The maximum atomic E-state index is 4.65. The van der Waals surface area contributed by atoms with Crippen LogP contribution >= 0.6 is 0 Å². The van der Waals surface area contributed by atoms with Crippen LogP contribution in [0.1, 0.15) is 18.4 Å². The molecule has 4 rings (SSSR count). The second kappa shape index (κ2) is 5.09. The van der Waals surface area contributed by atoms with Crippen LogP contribution in [-0.2, 0) is 6.54 Å². The molecule has 0 amide bonds. The summed E-state index contributed by atoms with van der Waals surface area (Å²) in [5.41, 5.74) is 1.43. The third-order valence-electron chi connectivity index (χ3n) is 4.73. The van der Waals surface area contributed by atoms with Gasteiger partial charge in [0, 0.05) is 44.8 Å². The van der Waals surface area contributed by atoms with Gasteiger partial charge in [-0.2, -0.15) is 0 Å². The van der Waals surface area contributed by atoms with E-state index in [-0.39, 0.29) is 0 Å². The number of rotatable bonds is 2. The van der Waals surface area contributed by atoms with E-state index in [0.29, 0.717) is 12.1 Å². The summed E-state index contributed by atoms with van der Waals surface area (Å²) in [5.74, 6) is 1.16. The Hall–Kier alpha value is -1.55. The molecular formula is C16H22N4. The summed E-state index contributed by atoms with van der Waals surface area (Å²) in [6.45, 7) is 5.49. The number of nitrogens with zero attached hydrogens (tertiary/aromatic N) is 3. The molecule has 3 aliphatic heterocycles. The molecule has 2 saturated heterocycles. The third-order valence-corrected chi connectivity index (χ3v) is 4.73. The third kappa shape index (κ3) is 2.18. The van der Waals surface area contributed by atoms with Gasteiger partial charge in [0.15, 0.2) is 5.96 Å². The Morgan fingerprint density at radius 1 is 1.15 bits per heavy atom. The number of piperazine rings is 1. The van der Waals surface area contributed by atoms with Gasteiger partial charge >= 0.3 is 0 Å². The standard InChI is InChI=1S/C16H22N4/c1-2-5-13(6-3-1)10-19-11-15-9-14(19)12-20(15)16-17-7-4-8-18-16/h1-3,5-6,14-15H,4,7-12H2,(H,17,18). The molecule has 106 valence electrons. The molecule has 0 radical (unpaired) electrons. The molecule has 2 bridgehead atoms. The summed E-state index contributed by atoms with van der Waals surface area (Å²) in [5, 5.41) is 3.47. The lowest BCUT2D eigenvalue weighted by Crippen LogP contribution is -2.53. The van der Waals surface area contributed by atoms with Crippen molar-refractivity contribution in [2.24, 2.45) is 4.99 Å². The second-order valence-corrected chi connectivity index (χ2v) is 6.10. The Bertz CT molecular complexity index is 498. The van der Waals surface area contributed by atoms with Gasteiger partial charge in [0.05, 0.1) is 0 Å². The maximum absolute atomic E-state index is 4.65. The SMILES string of the molecule is c1ccc(CN2CC3CC2CN3C2=NCCCN2)cc1. The molecule has 3 aliphatic rings. The van der Waals surface area contributed by atoms with E-state index < -0.39 is 0 Å². The molecule has 0 saturated carbocycles. The number of nitrogens with one attached hydrogen (secondary N) is 1. The lowest BCUT2D eigenvalue weighted by atomic mass is 10.2. The molecule has 0 aromatic heterocycles. The Kier molecular flexibility index (Phi) is 3.11. The fraction of sp³-hybridized carbons (Fsp3) is 0.562. The van der Waals surface area contributed by atoms with Crippen molar-refractivity contribution in [3.63, 3.8) is 0 Å². The fourth-order valence-electron chi connectivity index (χ4n) is 3.73. The first-order chi connectivity index (χ1) is 9.90. The zero-order valence-electron chi connectivity index (χ0n) is 11.8. The average Bonchev–Trinajstić information content (AvgIpc) is 3.09. The molecule has 0 spiro atoms. The number of aliphatic imine (C=N–C) groups is 1. The second-order valence-electron chi connectivity index (χ2n) is 6.10. The predicted octanol–water partition coefficient (Wildman–Crippen LogP) is 1.29. The first-order valence-electron chi connectivity index (χ1n) is 7.73. The first kappa shape index (κ1) is 12.2. The highest BCUT2D eigenvalue weighted by atomic mass is 15.4. The van der Waals surface area contributed by atoms with Crippen LogP contribution in [0.5, 0.6) is 0 Å². The van der Waals surface area contributed by atoms with Crippen molar-refractivity contribution in [3.05, 3.63) is 35.9 Å². The Morgan fingerprint density at radius 2 is 2.05 bits per heavy atom. The zero-order chi connectivity index (χ0) is 13.4. The summed E-state index contributed by atoms with van der Waals surface area (Å²) < 4.78 is 0. The minimum absolute atomic E-state index is 0.660. The van der Waals surface area contributed by atoms with Crippen LogP contribution in [0.3, 0.4) is 0 Å². The van der Waals surface area contributed by atoms with Gasteiger partial charge in [-0.05, 0) is 18.4 Å². The highest BCUT2D eigenvalue weighted by molar-refractivity contribution is 5.81. The monoisotopic (exact) mass is 270 g/mol. The predicted molar refractivity (Wildman–Crippen MR) is 80.7 cm³/mol. The summed E-state index contributed by atoms with van der Waals surface area (Å²) in [6, 6.07) is 12.2. The van der Waals surface area contributed by atoms with E-state index >= 15 is 0 Å². The summed E-state index contributed by atoms with van der Waals surface area (Å²) in [7, 11) is 0. The van der Waals surface area contributed by atoms with Gasteiger partial charge < -0.3 is 10.2 Å². The normalized spacial score (nSPS) is 29.4. The van der Waals surface area contributed by atoms with Crippen molar-refractivity contribution in [2.45, 2.75) is 31.5 Å². The van der Waals surface area contributed by atoms with Gasteiger partial charge in [0.2, 0.25) is 0 Å². The molecule has 1 N–H and O–H groups in total. The molecule has 2 atom stereocenters. The lowest BCUT2D eigenvalue weighted by molar-refractivity contribution is 0.166. The molecule has 1 aromatic rings. The maximum Gasteiger partial charge on any atom is 0.194 e. The zero-order valence-corrected chi connectivity index (χ0v) is 11.8. The van der Waals surface area contributed by atoms with Crippen LogP contribution in [0.15, 0.2) is 35.3 Å². The summed E-state index contributed by atoms with van der Waals surface area (Å²) in [4.78, 5) is 9.80. The number of fused-ring (bicyclic) bond motifs is 2. The Labute approximate surface area is 120 Å². The molecule has 0 aliphatic carbocycles. The van der Waals surface area contributed by atoms with Crippen LogP contribution in [0.25, 0.3) is 0 Å². The van der Waals surface area contributed by atoms with E-state index in [9.17, 15) is 0 Å². The van der Waals surface area contributed by atoms with Gasteiger partial charge in [0.1, 0.15) is 0 Å². The highest BCUT2D eigenvalue weighted by Crippen LogP contribution is 2.32. The number of hydrogen-bond acceptors (Lipinski definition) is 4. The lowest BCUT2D eigenvalue weighted by Gasteiger charge is -2.37. The average molecular weight is 270 g/mol. The number of hydrogen-bond donors (Lipinski definition) is 1. The number of benzene rings is 1. The van der Waals surface area contributed by atoms with Crippen molar-refractivity contribution in [1.29, 1.82) is 0 Å². The van der Waals surface area contributed by atoms with Gasteiger partial charge in [-0.3, -0.25) is 9.89 Å². The smallest absolute Gasteiger partial charge is 0.194 e. The molecule has 2 fully saturated rings. The molecule has 4 heteroatoms. The van der Waals surface area contributed by atoms with Crippen LogP contribution in [-0.4, -0.2) is 54.0 Å². The molecule has 2 unspecified atom stereocenters. The largest absolute Gasteiger partial charge is 0.356 e. The molecular weight excluding hydrogens is 248 g/mol. The van der Waals surface area contributed by atoms with Crippen molar-refractivity contribution in [1.82, 2.24) is 15.1 Å². The number of guanidine groups is 1. The van der Waals surface area contributed by atoms with Gasteiger partial charge in [0.25, 0.3) is 0 Å². The van der Waals surface area contributed by atoms with E-state index in [1.54, 1.807) is 0 Å². The summed E-state index contributed by atoms with van der Waals surface area (Å²) in [6.07, 6.45) is 2.47. The van der Waals surface area contributed by atoms with E-state index in [1.165, 1.54) is 24.9 Å². The van der Waals surface area contributed by atoms with Crippen molar-refractivity contribution < 1.29 is 0 Å². The van der Waals surface area contributed by atoms with E-state index in [1.807, 2.05) is 0 Å². The van der Waals surface area contributed by atoms with Crippen molar-refractivity contribution in [3.8, 4) is 0 Å². The minimum Gasteiger partial charge on any atom is -0.356 e. The molecule has 4 nitrogen and oxygen atoms in total. The van der Waals surface area contributed by atoms with Crippen LogP contribution in [0.2, 0.25) is 0 Å². The number of likely N-dealkylation sites (tertiary alicyclic amines) is 2. The summed E-state index contributed by atoms with van der Waals surface area (Å²) >= 11 is 0. The van der Waals surface area contributed by atoms with E-state index in [2.05, 4.69) is 50.4 Å². The van der Waals surface area contributed by atoms with E-state index in [4.69, 9.17) is 0 Å². The Balaban J connectivity index is 1.41. The topological polar surface area (TPSA) is 30.9 Å². The molecule has 20 heavy (non-hydrogen) atoms. The highest BCUT2D eigenvalue weighted by Gasteiger charge is 2.44. The minimum atomic E-state index is 0.660. The van der Waals surface area contributed by atoms with Crippen molar-refractivity contribution >= 4 is 5.96 Å². The van der Waals surface area contributed by atoms with Gasteiger partial charge in [-0.25, -0.2) is 0 Å². The Morgan fingerprint density at radius 3 is 2.75 bits per heavy atom. The quantitative estimate of drug-likeness (QED) is 0.878. The van der Waals surface area contributed by atoms with Crippen LogP contribution in [0, 0.1) is 0 Å². The van der Waals surface area contributed by atoms with Crippen LogP contribution in [0.4, 0.5) is 0 Å². The van der Waals surface area contributed by atoms with E-state index in [0.717, 1.165) is 32.1 Å². The molecule has 1 aromatic carbocycles. The van der Waals surface area contributed by atoms with Crippen LogP contribution < -0.4 is 5.32 Å².